The maximum atomic E-state index is 11.6. The van der Waals surface area contributed by atoms with Crippen molar-refractivity contribution in [1.82, 2.24) is 10.6 Å². The summed E-state index contributed by atoms with van der Waals surface area (Å²) in [7, 11) is 0. The van der Waals surface area contributed by atoms with E-state index in [4.69, 9.17) is 4.74 Å². The molecule has 0 saturated carbocycles. The number of aryl methyl sites for hydroxylation is 1. The van der Waals surface area contributed by atoms with Crippen molar-refractivity contribution >= 4 is 17.4 Å². The fourth-order valence-electron chi connectivity index (χ4n) is 2.00. The predicted molar refractivity (Wildman–Crippen MR) is 72.8 cm³/mol. The Morgan fingerprint density at radius 3 is 2.89 bits per heavy atom. The molecular formula is C13H20N2O2S. The molecule has 1 aliphatic rings. The van der Waals surface area contributed by atoms with E-state index >= 15 is 0 Å². The van der Waals surface area contributed by atoms with Crippen molar-refractivity contribution in [3.05, 3.63) is 21.9 Å². The lowest BCUT2D eigenvalue weighted by Gasteiger charge is -2.22. The summed E-state index contributed by atoms with van der Waals surface area (Å²) in [6.07, 6.45) is 2.09. The van der Waals surface area contributed by atoms with Gasteiger partial charge in [0, 0.05) is 24.6 Å². The van der Waals surface area contributed by atoms with Crippen LogP contribution in [0, 0.1) is 12.8 Å². The summed E-state index contributed by atoms with van der Waals surface area (Å²) < 4.78 is 5.29. The van der Waals surface area contributed by atoms with Gasteiger partial charge in [-0.3, -0.25) is 0 Å². The van der Waals surface area contributed by atoms with Crippen LogP contribution in [0.4, 0.5) is 4.79 Å². The van der Waals surface area contributed by atoms with Crippen molar-refractivity contribution in [3.63, 3.8) is 0 Å². The second kappa shape index (κ2) is 6.75. The van der Waals surface area contributed by atoms with E-state index in [1.54, 1.807) is 11.3 Å². The number of ether oxygens (including phenoxy) is 1. The normalized spacial score (nSPS) is 16.5. The van der Waals surface area contributed by atoms with E-state index < -0.39 is 0 Å². The Morgan fingerprint density at radius 2 is 2.22 bits per heavy atom. The molecule has 18 heavy (non-hydrogen) atoms. The second-order valence-electron chi connectivity index (χ2n) is 4.65. The highest BCUT2D eigenvalue weighted by Gasteiger charge is 2.14. The molecule has 1 saturated heterocycles. The largest absolute Gasteiger partial charge is 0.381 e. The van der Waals surface area contributed by atoms with E-state index in [0.29, 0.717) is 12.5 Å². The zero-order valence-corrected chi connectivity index (χ0v) is 11.5. The molecule has 4 nitrogen and oxygen atoms in total. The van der Waals surface area contributed by atoms with Gasteiger partial charge in [-0.25, -0.2) is 4.79 Å². The van der Waals surface area contributed by atoms with Gasteiger partial charge in [0.2, 0.25) is 0 Å². The molecule has 1 aromatic rings. The first-order valence-electron chi connectivity index (χ1n) is 6.38. The van der Waals surface area contributed by atoms with Crippen LogP contribution >= 0.6 is 11.3 Å². The first-order chi connectivity index (χ1) is 8.75. The Morgan fingerprint density at radius 1 is 1.44 bits per heavy atom. The molecule has 0 atom stereocenters. The van der Waals surface area contributed by atoms with E-state index in [1.807, 2.05) is 5.38 Å². The van der Waals surface area contributed by atoms with Crippen molar-refractivity contribution in [3.8, 4) is 0 Å². The third kappa shape index (κ3) is 3.99. The van der Waals surface area contributed by atoms with E-state index in [2.05, 4.69) is 23.6 Å². The lowest BCUT2D eigenvalue weighted by atomic mass is 10.0. The molecule has 0 aromatic carbocycles. The maximum Gasteiger partial charge on any atom is 0.315 e. The summed E-state index contributed by atoms with van der Waals surface area (Å²) in [5, 5.41) is 7.88. The SMILES string of the molecule is Cc1ccsc1CNC(=O)NCC1CCOCC1. The molecule has 2 rings (SSSR count). The molecule has 100 valence electrons. The summed E-state index contributed by atoms with van der Waals surface area (Å²) in [5.41, 5.74) is 1.24. The first kappa shape index (κ1) is 13.4. The van der Waals surface area contributed by atoms with Gasteiger partial charge < -0.3 is 15.4 Å². The van der Waals surface area contributed by atoms with Crippen LogP contribution in [0.5, 0.6) is 0 Å². The number of hydrogen-bond acceptors (Lipinski definition) is 3. The molecular weight excluding hydrogens is 248 g/mol. The second-order valence-corrected chi connectivity index (χ2v) is 5.65. The fourth-order valence-corrected chi connectivity index (χ4v) is 2.84. The van der Waals surface area contributed by atoms with Gasteiger partial charge in [-0.2, -0.15) is 0 Å². The van der Waals surface area contributed by atoms with E-state index in [9.17, 15) is 4.79 Å². The lowest BCUT2D eigenvalue weighted by molar-refractivity contribution is 0.0669. The van der Waals surface area contributed by atoms with Crippen molar-refractivity contribution in [2.75, 3.05) is 19.8 Å². The van der Waals surface area contributed by atoms with Gasteiger partial charge in [-0.15, -0.1) is 11.3 Å². The van der Waals surface area contributed by atoms with Crippen LogP contribution in [-0.4, -0.2) is 25.8 Å². The summed E-state index contributed by atoms with van der Waals surface area (Å²) in [6.45, 7) is 5.07. The van der Waals surface area contributed by atoms with Crippen LogP contribution in [-0.2, 0) is 11.3 Å². The Hall–Kier alpha value is -1.07. The number of carbonyl (C=O) groups excluding carboxylic acids is 1. The minimum absolute atomic E-state index is 0.0747. The van der Waals surface area contributed by atoms with Gasteiger partial charge in [-0.1, -0.05) is 0 Å². The van der Waals surface area contributed by atoms with Crippen LogP contribution in [0.1, 0.15) is 23.3 Å². The van der Waals surface area contributed by atoms with Gasteiger partial charge in [-0.05, 0) is 42.7 Å². The Bertz CT molecular complexity index is 386. The van der Waals surface area contributed by atoms with Crippen LogP contribution < -0.4 is 10.6 Å². The van der Waals surface area contributed by atoms with Crippen molar-refractivity contribution < 1.29 is 9.53 Å². The molecule has 0 radical (unpaired) electrons. The Labute approximate surface area is 112 Å². The molecule has 1 fully saturated rings. The minimum atomic E-state index is -0.0747. The topological polar surface area (TPSA) is 50.4 Å². The zero-order chi connectivity index (χ0) is 12.8. The van der Waals surface area contributed by atoms with Crippen molar-refractivity contribution in [2.45, 2.75) is 26.3 Å². The van der Waals surface area contributed by atoms with Crippen LogP contribution in [0.15, 0.2) is 11.4 Å². The molecule has 5 heteroatoms. The number of urea groups is 1. The standard InChI is InChI=1S/C13H20N2O2S/c1-10-4-7-18-12(10)9-15-13(16)14-8-11-2-5-17-6-3-11/h4,7,11H,2-3,5-6,8-9H2,1H3,(H2,14,15,16). The average Bonchev–Trinajstić information content (AvgIpc) is 2.81. The summed E-state index contributed by atoms with van der Waals surface area (Å²) in [6, 6.07) is 2.00. The predicted octanol–water partition coefficient (Wildman–Crippen LogP) is 2.28. The molecule has 0 unspecified atom stereocenters. The first-order valence-corrected chi connectivity index (χ1v) is 7.26. The summed E-state index contributed by atoms with van der Waals surface area (Å²) in [4.78, 5) is 12.9. The van der Waals surface area contributed by atoms with Crippen LogP contribution in [0.25, 0.3) is 0 Å². The van der Waals surface area contributed by atoms with Crippen molar-refractivity contribution in [1.29, 1.82) is 0 Å². The van der Waals surface area contributed by atoms with Crippen LogP contribution in [0.3, 0.4) is 0 Å². The van der Waals surface area contributed by atoms with Gasteiger partial charge in [0.1, 0.15) is 0 Å². The van der Waals surface area contributed by atoms with Gasteiger partial charge in [0.25, 0.3) is 0 Å². The number of amides is 2. The van der Waals surface area contributed by atoms with Gasteiger partial charge >= 0.3 is 6.03 Å². The number of hydrogen-bond donors (Lipinski definition) is 2. The highest BCUT2D eigenvalue weighted by Crippen LogP contribution is 2.15. The van der Waals surface area contributed by atoms with E-state index in [0.717, 1.165) is 32.6 Å². The highest BCUT2D eigenvalue weighted by atomic mass is 32.1. The molecule has 1 aliphatic heterocycles. The average molecular weight is 268 g/mol. The van der Waals surface area contributed by atoms with Gasteiger partial charge in [0.15, 0.2) is 0 Å². The molecule has 1 aromatic heterocycles. The summed E-state index contributed by atoms with van der Waals surface area (Å²) >= 11 is 1.68. The molecule has 2 heterocycles. The van der Waals surface area contributed by atoms with E-state index in [1.165, 1.54) is 10.4 Å². The maximum absolute atomic E-state index is 11.6. The molecule has 2 N–H and O–H groups in total. The number of nitrogens with one attached hydrogen (secondary N) is 2. The third-order valence-electron chi connectivity index (χ3n) is 3.27. The summed E-state index contributed by atoms with van der Waals surface area (Å²) in [5.74, 6) is 0.563. The Balaban J connectivity index is 1.64. The van der Waals surface area contributed by atoms with Crippen LogP contribution in [0.2, 0.25) is 0 Å². The zero-order valence-electron chi connectivity index (χ0n) is 10.7. The molecule has 2 amide bonds. The number of thiophene rings is 1. The fraction of sp³-hybridized carbons (Fsp3) is 0.615. The molecule has 0 aliphatic carbocycles. The number of carbonyl (C=O) groups is 1. The quantitative estimate of drug-likeness (QED) is 0.880. The molecule has 0 bridgehead atoms. The smallest absolute Gasteiger partial charge is 0.315 e. The van der Waals surface area contributed by atoms with Gasteiger partial charge in [0.05, 0.1) is 6.54 Å². The third-order valence-corrected chi connectivity index (χ3v) is 4.29. The number of rotatable bonds is 4. The minimum Gasteiger partial charge on any atom is -0.381 e. The molecule has 0 spiro atoms. The Kier molecular flexibility index (Phi) is 5.01. The highest BCUT2D eigenvalue weighted by molar-refractivity contribution is 7.10. The lowest BCUT2D eigenvalue weighted by Crippen LogP contribution is -2.39. The van der Waals surface area contributed by atoms with E-state index in [-0.39, 0.29) is 6.03 Å². The monoisotopic (exact) mass is 268 g/mol. The van der Waals surface area contributed by atoms with Crippen molar-refractivity contribution in [2.24, 2.45) is 5.92 Å².